The van der Waals surface area contributed by atoms with Gasteiger partial charge in [0.25, 0.3) is 0 Å². The van der Waals surface area contributed by atoms with Gasteiger partial charge in [-0.3, -0.25) is 9.59 Å². The summed E-state index contributed by atoms with van der Waals surface area (Å²) >= 11 is 0. The maximum Gasteiger partial charge on any atom is 0.310 e. The Balaban J connectivity index is 3.64. The van der Waals surface area contributed by atoms with E-state index in [9.17, 15) is 14.7 Å². The van der Waals surface area contributed by atoms with E-state index in [-0.39, 0.29) is 12.2 Å². The van der Waals surface area contributed by atoms with E-state index in [4.69, 9.17) is 5.11 Å². The molecule has 20 heavy (non-hydrogen) atoms. The highest BCUT2D eigenvalue weighted by atomic mass is 16.4. The fourth-order valence-electron chi connectivity index (χ4n) is 1.70. The summed E-state index contributed by atoms with van der Waals surface area (Å²) in [7, 11) is 0. The number of carbonyl (C=O) groups is 2. The van der Waals surface area contributed by atoms with Crippen LogP contribution < -0.4 is 0 Å². The number of carboxylic acids is 1. The second kappa shape index (κ2) is 12.6. The first-order valence-electron chi connectivity index (χ1n) is 7.29. The summed E-state index contributed by atoms with van der Waals surface area (Å²) in [5.41, 5.74) is 0. The van der Waals surface area contributed by atoms with Crippen LogP contribution in [0.2, 0.25) is 0 Å². The van der Waals surface area contributed by atoms with Gasteiger partial charge in [-0.05, 0) is 25.7 Å². The molecule has 0 aromatic heterocycles. The van der Waals surface area contributed by atoms with E-state index >= 15 is 0 Å². The first-order valence-corrected chi connectivity index (χ1v) is 7.29. The van der Waals surface area contributed by atoms with Gasteiger partial charge in [0.05, 0.1) is 6.10 Å². The Morgan fingerprint density at radius 2 is 1.85 bits per heavy atom. The van der Waals surface area contributed by atoms with Crippen LogP contribution in [0.1, 0.15) is 58.3 Å². The summed E-state index contributed by atoms with van der Waals surface area (Å²) in [5, 5.41) is 18.1. The standard InChI is InChI=1S/C16H26O4/c1-2-3-4-5-6-7-10-14(17)11-8-9-12-15(18)13-16(19)20/h6-8,11,14,17H,2-5,9-10,12-13H2,1H3,(H,19,20)/b7-6-,11-8+/t14-/m0/s1. The molecule has 0 saturated heterocycles. The quantitative estimate of drug-likeness (QED) is 0.327. The van der Waals surface area contributed by atoms with Crippen LogP contribution in [0, 0.1) is 0 Å². The van der Waals surface area contributed by atoms with E-state index in [1.165, 1.54) is 19.3 Å². The van der Waals surface area contributed by atoms with E-state index < -0.39 is 18.5 Å². The highest BCUT2D eigenvalue weighted by Crippen LogP contribution is 2.03. The number of hydrogen-bond donors (Lipinski definition) is 2. The van der Waals surface area contributed by atoms with E-state index in [1.54, 1.807) is 12.2 Å². The lowest BCUT2D eigenvalue weighted by atomic mass is 10.1. The number of hydrogen-bond acceptors (Lipinski definition) is 3. The minimum Gasteiger partial charge on any atom is -0.481 e. The molecule has 2 N–H and O–H groups in total. The fraction of sp³-hybridized carbons (Fsp3) is 0.625. The maximum atomic E-state index is 11.1. The zero-order valence-electron chi connectivity index (χ0n) is 12.3. The number of ketones is 1. The lowest BCUT2D eigenvalue weighted by Gasteiger charge is -2.00. The minimum atomic E-state index is -1.09. The van der Waals surface area contributed by atoms with Crippen molar-refractivity contribution in [3.63, 3.8) is 0 Å². The van der Waals surface area contributed by atoms with Gasteiger partial charge in [0.1, 0.15) is 12.2 Å². The van der Waals surface area contributed by atoms with E-state index in [0.29, 0.717) is 12.8 Å². The zero-order chi connectivity index (χ0) is 15.2. The van der Waals surface area contributed by atoms with Gasteiger partial charge in [-0.2, -0.15) is 0 Å². The molecule has 0 amide bonds. The van der Waals surface area contributed by atoms with Crippen LogP contribution in [0.25, 0.3) is 0 Å². The number of aliphatic hydroxyl groups excluding tert-OH is 1. The van der Waals surface area contributed by atoms with Crippen molar-refractivity contribution in [1.29, 1.82) is 0 Å². The van der Waals surface area contributed by atoms with Crippen LogP contribution in [0.3, 0.4) is 0 Å². The summed E-state index contributed by atoms with van der Waals surface area (Å²) in [4.78, 5) is 21.4. The van der Waals surface area contributed by atoms with Gasteiger partial charge in [0.2, 0.25) is 0 Å². The van der Waals surface area contributed by atoms with Crippen LogP contribution >= 0.6 is 0 Å². The molecule has 4 heteroatoms. The van der Waals surface area contributed by atoms with Gasteiger partial charge in [-0.1, -0.05) is 44.1 Å². The second-order valence-electron chi connectivity index (χ2n) is 4.85. The van der Waals surface area contributed by atoms with Crippen molar-refractivity contribution >= 4 is 11.8 Å². The lowest BCUT2D eigenvalue weighted by Crippen LogP contribution is -2.05. The van der Waals surface area contributed by atoms with Gasteiger partial charge in [-0.25, -0.2) is 0 Å². The van der Waals surface area contributed by atoms with Crippen molar-refractivity contribution in [1.82, 2.24) is 0 Å². The molecule has 4 nitrogen and oxygen atoms in total. The van der Waals surface area contributed by atoms with Gasteiger partial charge in [-0.15, -0.1) is 0 Å². The van der Waals surface area contributed by atoms with Crippen molar-refractivity contribution in [2.24, 2.45) is 0 Å². The van der Waals surface area contributed by atoms with Crippen LogP contribution in [-0.4, -0.2) is 28.1 Å². The molecule has 0 saturated carbocycles. The monoisotopic (exact) mass is 282 g/mol. The molecular weight excluding hydrogens is 256 g/mol. The van der Waals surface area contributed by atoms with Crippen molar-refractivity contribution in [2.45, 2.75) is 64.4 Å². The van der Waals surface area contributed by atoms with Crippen LogP contribution in [0.5, 0.6) is 0 Å². The molecule has 0 spiro atoms. The molecule has 0 unspecified atom stereocenters. The molecule has 114 valence electrons. The molecular formula is C16H26O4. The maximum absolute atomic E-state index is 11.1. The predicted octanol–water partition coefficient (Wildman–Crippen LogP) is 3.25. The zero-order valence-corrected chi connectivity index (χ0v) is 12.3. The Morgan fingerprint density at radius 1 is 1.10 bits per heavy atom. The van der Waals surface area contributed by atoms with E-state index in [2.05, 4.69) is 13.0 Å². The summed E-state index contributed by atoms with van der Waals surface area (Å²) < 4.78 is 0. The Hall–Kier alpha value is -1.42. The molecule has 0 fully saturated rings. The lowest BCUT2D eigenvalue weighted by molar-refractivity contribution is -0.140. The van der Waals surface area contributed by atoms with E-state index in [0.717, 1.165) is 6.42 Å². The van der Waals surface area contributed by atoms with Crippen molar-refractivity contribution < 1.29 is 19.8 Å². The Bertz CT molecular complexity index is 331. The molecule has 0 bridgehead atoms. The van der Waals surface area contributed by atoms with E-state index in [1.807, 2.05) is 6.08 Å². The normalized spacial score (nSPS) is 13.1. The average Bonchev–Trinajstić information content (AvgIpc) is 2.38. The Labute approximate surface area is 121 Å². The number of carboxylic acid groups (broad SMARTS) is 1. The SMILES string of the molecule is CCCCC/C=C\C[C@H](O)/C=C/CCC(=O)CC(=O)O. The number of rotatable bonds is 12. The van der Waals surface area contributed by atoms with Crippen molar-refractivity contribution in [3.05, 3.63) is 24.3 Å². The molecule has 0 aliphatic heterocycles. The Morgan fingerprint density at radius 3 is 2.50 bits per heavy atom. The van der Waals surface area contributed by atoms with Crippen LogP contribution in [-0.2, 0) is 9.59 Å². The van der Waals surface area contributed by atoms with Crippen LogP contribution in [0.15, 0.2) is 24.3 Å². The summed E-state index contributed by atoms with van der Waals surface area (Å²) in [6.45, 7) is 2.17. The first-order chi connectivity index (χ1) is 9.56. The Kier molecular flexibility index (Phi) is 11.7. The predicted molar refractivity (Wildman–Crippen MR) is 79.5 cm³/mol. The number of Topliss-reactive ketones (excluding diaryl/α,β-unsaturated/α-hetero) is 1. The number of aliphatic hydroxyl groups is 1. The third kappa shape index (κ3) is 13.0. The topological polar surface area (TPSA) is 74.6 Å². The third-order valence-electron chi connectivity index (χ3n) is 2.82. The van der Waals surface area contributed by atoms with Gasteiger partial charge >= 0.3 is 5.97 Å². The molecule has 0 aliphatic carbocycles. The minimum absolute atomic E-state index is 0.211. The highest BCUT2D eigenvalue weighted by Gasteiger charge is 2.05. The summed E-state index contributed by atoms with van der Waals surface area (Å²) in [5.74, 6) is -1.38. The number of allylic oxidation sites excluding steroid dienone is 2. The smallest absolute Gasteiger partial charge is 0.310 e. The number of unbranched alkanes of at least 4 members (excludes halogenated alkanes) is 3. The first kappa shape index (κ1) is 18.6. The van der Waals surface area contributed by atoms with Crippen molar-refractivity contribution in [2.75, 3.05) is 0 Å². The molecule has 1 atom stereocenters. The molecule has 0 heterocycles. The summed E-state index contributed by atoms with van der Waals surface area (Å²) in [6, 6.07) is 0. The molecule has 0 aliphatic rings. The summed E-state index contributed by atoms with van der Waals surface area (Å²) in [6.07, 6.45) is 12.4. The van der Waals surface area contributed by atoms with Crippen molar-refractivity contribution in [3.8, 4) is 0 Å². The molecule has 0 rings (SSSR count). The highest BCUT2D eigenvalue weighted by molar-refractivity contribution is 5.94. The molecule has 0 aromatic carbocycles. The molecule has 0 aromatic rings. The average molecular weight is 282 g/mol. The fourth-order valence-corrected chi connectivity index (χ4v) is 1.70. The van der Waals surface area contributed by atoms with Gasteiger partial charge in [0.15, 0.2) is 0 Å². The number of carbonyl (C=O) groups excluding carboxylic acids is 1. The number of aliphatic carboxylic acids is 1. The van der Waals surface area contributed by atoms with Crippen LogP contribution in [0.4, 0.5) is 0 Å². The third-order valence-corrected chi connectivity index (χ3v) is 2.82. The second-order valence-corrected chi connectivity index (χ2v) is 4.85. The molecule has 0 radical (unpaired) electrons. The van der Waals surface area contributed by atoms with Gasteiger partial charge in [0, 0.05) is 6.42 Å². The van der Waals surface area contributed by atoms with Gasteiger partial charge < -0.3 is 10.2 Å². The largest absolute Gasteiger partial charge is 0.481 e.